The largest absolute Gasteiger partial charge is 0.484 e. The van der Waals surface area contributed by atoms with Crippen molar-refractivity contribution in [2.75, 3.05) is 6.61 Å². The van der Waals surface area contributed by atoms with Gasteiger partial charge < -0.3 is 15.8 Å². The number of para-hydroxylation sites is 1. The summed E-state index contributed by atoms with van der Waals surface area (Å²) in [4.78, 5) is 4.11. The fraction of sp³-hybridized carbons (Fsp3) is 0.500. The monoisotopic (exact) mass is 431 g/mol. The fourth-order valence-corrected chi connectivity index (χ4v) is 1.53. The Morgan fingerprint density at radius 3 is 2.36 bits per heavy atom. The topological polar surface area (TPSA) is 59.6 Å². The molecule has 126 valence electrons. The van der Waals surface area contributed by atoms with Crippen LogP contribution in [-0.2, 0) is 6.54 Å². The number of halogens is 4. The van der Waals surface area contributed by atoms with Crippen LogP contribution in [0.4, 0.5) is 13.2 Å². The van der Waals surface area contributed by atoms with E-state index in [2.05, 4.69) is 10.3 Å². The Hall–Kier alpha value is -1.19. The van der Waals surface area contributed by atoms with Crippen molar-refractivity contribution in [2.24, 2.45) is 10.7 Å². The van der Waals surface area contributed by atoms with E-state index in [-0.39, 0.29) is 47.8 Å². The van der Waals surface area contributed by atoms with E-state index < -0.39 is 12.8 Å². The van der Waals surface area contributed by atoms with Crippen molar-refractivity contribution in [3.05, 3.63) is 29.8 Å². The Balaban J connectivity index is 0.00000441. The Kier molecular flexibility index (Phi) is 7.99. The molecule has 0 heterocycles. The zero-order chi connectivity index (χ0) is 16.1. The first-order valence-corrected chi connectivity index (χ1v) is 6.42. The number of ether oxygens (including phenoxy) is 1. The van der Waals surface area contributed by atoms with Gasteiger partial charge in [-0.05, 0) is 26.8 Å². The van der Waals surface area contributed by atoms with Crippen LogP contribution in [-0.4, -0.2) is 24.3 Å². The number of nitrogens with one attached hydrogen (secondary N) is 1. The molecule has 1 aromatic carbocycles. The van der Waals surface area contributed by atoms with Gasteiger partial charge in [-0.3, -0.25) is 0 Å². The minimum Gasteiger partial charge on any atom is -0.484 e. The molecule has 0 amide bonds. The van der Waals surface area contributed by atoms with E-state index in [9.17, 15) is 13.2 Å². The lowest BCUT2D eigenvalue weighted by Crippen LogP contribution is -2.44. The maximum Gasteiger partial charge on any atom is 0.422 e. The van der Waals surface area contributed by atoms with Crippen LogP contribution < -0.4 is 15.8 Å². The summed E-state index contributed by atoms with van der Waals surface area (Å²) in [5, 5.41) is 2.97. The SMILES string of the molecule is CC(C)(C)NC(N)=NCc1ccccc1OCC(F)(F)F.I. The molecular formula is C14H21F3IN3O. The molecule has 4 nitrogen and oxygen atoms in total. The Morgan fingerprint density at radius 1 is 1.23 bits per heavy atom. The van der Waals surface area contributed by atoms with Crippen LogP contribution in [0.5, 0.6) is 5.75 Å². The van der Waals surface area contributed by atoms with Gasteiger partial charge in [-0.2, -0.15) is 13.2 Å². The summed E-state index contributed by atoms with van der Waals surface area (Å²) in [7, 11) is 0. The smallest absolute Gasteiger partial charge is 0.422 e. The van der Waals surface area contributed by atoms with E-state index in [1.54, 1.807) is 18.2 Å². The van der Waals surface area contributed by atoms with Crippen LogP contribution in [0.15, 0.2) is 29.3 Å². The second-order valence-corrected chi connectivity index (χ2v) is 5.59. The average molecular weight is 431 g/mol. The summed E-state index contributed by atoms with van der Waals surface area (Å²) in [5.74, 6) is 0.384. The third-order valence-corrected chi connectivity index (χ3v) is 2.29. The second kappa shape index (κ2) is 8.44. The lowest BCUT2D eigenvalue weighted by molar-refractivity contribution is -0.153. The molecular weight excluding hydrogens is 410 g/mol. The van der Waals surface area contributed by atoms with Gasteiger partial charge in [0.15, 0.2) is 12.6 Å². The van der Waals surface area contributed by atoms with Gasteiger partial charge in [0.1, 0.15) is 5.75 Å². The molecule has 0 aliphatic heterocycles. The number of nitrogens with zero attached hydrogens (tertiary/aromatic N) is 1. The number of nitrogens with two attached hydrogens (primary N) is 1. The van der Waals surface area contributed by atoms with Crippen molar-refractivity contribution in [1.29, 1.82) is 0 Å². The first-order chi connectivity index (χ1) is 9.57. The van der Waals surface area contributed by atoms with E-state index >= 15 is 0 Å². The fourth-order valence-electron chi connectivity index (χ4n) is 1.53. The van der Waals surface area contributed by atoms with Crippen molar-refractivity contribution >= 4 is 29.9 Å². The molecule has 0 radical (unpaired) electrons. The summed E-state index contributed by atoms with van der Waals surface area (Å²) in [6, 6.07) is 6.44. The van der Waals surface area contributed by atoms with Gasteiger partial charge in [-0.1, -0.05) is 18.2 Å². The van der Waals surface area contributed by atoms with Gasteiger partial charge in [0, 0.05) is 11.1 Å². The van der Waals surface area contributed by atoms with Crippen molar-refractivity contribution in [3.8, 4) is 5.75 Å². The standard InChI is InChI=1S/C14H20F3N3O.HI/c1-13(2,3)20-12(18)19-8-10-6-4-5-7-11(10)21-9-14(15,16)17;/h4-7H,8-9H2,1-3H3,(H3,18,19,20);1H. The molecule has 1 rings (SSSR count). The maximum atomic E-state index is 12.2. The van der Waals surface area contributed by atoms with Gasteiger partial charge in [0.25, 0.3) is 0 Å². The highest BCUT2D eigenvalue weighted by atomic mass is 127. The number of aliphatic imine (C=N–C) groups is 1. The number of hydrogen-bond donors (Lipinski definition) is 2. The van der Waals surface area contributed by atoms with Gasteiger partial charge in [-0.15, -0.1) is 24.0 Å². The molecule has 1 aromatic rings. The third-order valence-electron chi connectivity index (χ3n) is 2.29. The predicted octanol–water partition coefficient (Wildman–Crippen LogP) is 3.45. The number of rotatable bonds is 4. The van der Waals surface area contributed by atoms with Crippen molar-refractivity contribution in [3.63, 3.8) is 0 Å². The number of hydrogen-bond acceptors (Lipinski definition) is 2. The molecule has 0 unspecified atom stereocenters. The summed E-state index contributed by atoms with van der Waals surface area (Å²) in [6.07, 6.45) is -4.37. The van der Waals surface area contributed by atoms with Crippen molar-refractivity contribution in [1.82, 2.24) is 5.32 Å². The van der Waals surface area contributed by atoms with Crippen LogP contribution in [0, 0.1) is 0 Å². The lowest BCUT2D eigenvalue weighted by Gasteiger charge is -2.21. The van der Waals surface area contributed by atoms with Crippen molar-refractivity contribution < 1.29 is 17.9 Å². The molecule has 0 saturated carbocycles. The molecule has 3 N–H and O–H groups in total. The number of guanidine groups is 1. The van der Waals surface area contributed by atoms with E-state index in [4.69, 9.17) is 10.5 Å². The molecule has 0 aromatic heterocycles. The van der Waals surface area contributed by atoms with Crippen LogP contribution in [0.25, 0.3) is 0 Å². The molecule has 8 heteroatoms. The molecule has 0 aliphatic carbocycles. The molecule has 0 atom stereocenters. The third kappa shape index (κ3) is 8.96. The molecule has 0 aliphatic rings. The van der Waals surface area contributed by atoms with E-state index in [0.29, 0.717) is 5.56 Å². The van der Waals surface area contributed by atoms with Crippen LogP contribution >= 0.6 is 24.0 Å². The Morgan fingerprint density at radius 2 is 1.82 bits per heavy atom. The van der Waals surface area contributed by atoms with E-state index in [0.717, 1.165) is 0 Å². The highest BCUT2D eigenvalue weighted by Crippen LogP contribution is 2.22. The summed E-state index contributed by atoms with van der Waals surface area (Å²) in [6.45, 7) is 4.59. The minimum absolute atomic E-state index is 0. The summed E-state index contributed by atoms with van der Waals surface area (Å²) in [5.41, 5.74) is 6.02. The predicted molar refractivity (Wildman–Crippen MR) is 91.6 cm³/mol. The lowest BCUT2D eigenvalue weighted by atomic mass is 10.1. The molecule has 0 saturated heterocycles. The van der Waals surface area contributed by atoms with Crippen molar-refractivity contribution in [2.45, 2.75) is 39.0 Å². The molecule has 22 heavy (non-hydrogen) atoms. The normalized spacial score (nSPS) is 12.5. The molecule has 0 bridgehead atoms. The van der Waals surface area contributed by atoms with Crippen LogP contribution in [0.3, 0.4) is 0 Å². The quantitative estimate of drug-likeness (QED) is 0.436. The first-order valence-electron chi connectivity index (χ1n) is 6.42. The maximum absolute atomic E-state index is 12.2. The zero-order valence-corrected chi connectivity index (χ0v) is 15.0. The summed E-state index contributed by atoms with van der Waals surface area (Å²) >= 11 is 0. The van der Waals surface area contributed by atoms with Gasteiger partial charge in [0.05, 0.1) is 6.54 Å². The van der Waals surface area contributed by atoms with Crippen LogP contribution in [0.2, 0.25) is 0 Å². The Labute approximate surface area is 145 Å². The molecule has 0 spiro atoms. The van der Waals surface area contributed by atoms with E-state index in [1.807, 2.05) is 20.8 Å². The first kappa shape index (κ1) is 20.8. The van der Waals surface area contributed by atoms with Crippen LogP contribution in [0.1, 0.15) is 26.3 Å². The second-order valence-electron chi connectivity index (χ2n) is 5.59. The van der Waals surface area contributed by atoms with Gasteiger partial charge in [0.2, 0.25) is 0 Å². The van der Waals surface area contributed by atoms with E-state index in [1.165, 1.54) is 6.07 Å². The summed E-state index contributed by atoms with van der Waals surface area (Å²) < 4.78 is 41.4. The Bertz CT molecular complexity index is 499. The average Bonchev–Trinajstić information content (AvgIpc) is 2.32. The number of benzene rings is 1. The molecule has 0 fully saturated rings. The highest BCUT2D eigenvalue weighted by molar-refractivity contribution is 14.0. The van der Waals surface area contributed by atoms with Gasteiger partial charge >= 0.3 is 6.18 Å². The minimum atomic E-state index is -4.37. The highest BCUT2D eigenvalue weighted by Gasteiger charge is 2.28. The van der Waals surface area contributed by atoms with Gasteiger partial charge in [-0.25, -0.2) is 4.99 Å². The zero-order valence-electron chi connectivity index (χ0n) is 12.7. The number of alkyl halides is 3.